The van der Waals surface area contributed by atoms with Crippen molar-refractivity contribution in [3.8, 4) is 0 Å². The topological polar surface area (TPSA) is 43.8 Å². The van der Waals surface area contributed by atoms with Crippen molar-refractivity contribution in [3.63, 3.8) is 0 Å². The highest BCUT2D eigenvalue weighted by molar-refractivity contribution is 9.10. The molecule has 0 aromatic carbocycles. The lowest BCUT2D eigenvalue weighted by molar-refractivity contribution is 0.697. The van der Waals surface area contributed by atoms with Crippen molar-refractivity contribution in [2.24, 2.45) is 0 Å². The quantitative estimate of drug-likeness (QED) is 0.925. The number of rotatable bonds is 2. The normalized spacial score (nSPS) is 10.9. The van der Waals surface area contributed by atoms with Crippen LogP contribution in [0.25, 0.3) is 0 Å². The van der Waals surface area contributed by atoms with Crippen LogP contribution in [0.1, 0.15) is 10.6 Å². The molecule has 0 spiro atoms. The van der Waals surface area contributed by atoms with E-state index >= 15 is 0 Å². The third kappa shape index (κ3) is 2.19. The van der Waals surface area contributed by atoms with E-state index in [4.69, 9.17) is 17.3 Å². The minimum atomic E-state index is 0.527. The maximum atomic E-state index is 5.96. The lowest BCUT2D eigenvalue weighted by atomic mass is 10.4. The van der Waals surface area contributed by atoms with Crippen molar-refractivity contribution < 1.29 is 0 Å². The molecule has 0 aliphatic carbocycles. The maximum absolute atomic E-state index is 5.96. The van der Waals surface area contributed by atoms with Crippen molar-refractivity contribution in [1.82, 2.24) is 9.78 Å². The third-order valence-electron chi connectivity index (χ3n) is 2.02. The van der Waals surface area contributed by atoms with E-state index in [-0.39, 0.29) is 0 Å². The largest absolute Gasteiger partial charge is 0.383 e. The van der Waals surface area contributed by atoms with E-state index in [1.807, 2.05) is 12.3 Å². The predicted octanol–water partition coefficient (Wildman–Crippen LogP) is 3.30. The number of nitrogens with zero attached hydrogens (tertiary/aromatic N) is 2. The first-order chi connectivity index (χ1) is 7.08. The molecule has 2 rings (SSSR count). The molecule has 2 heterocycles. The summed E-state index contributed by atoms with van der Waals surface area (Å²) in [7, 11) is 0. The van der Waals surface area contributed by atoms with Crippen LogP contribution in [0, 0.1) is 6.92 Å². The molecule has 0 atom stereocenters. The average molecular weight is 307 g/mol. The number of anilines is 1. The van der Waals surface area contributed by atoms with E-state index in [9.17, 15) is 0 Å². The van der Waals surface area contributed by atoms with Gasteiger partial charge in [-0.25, -0.2) is 4.68 Å². The summed E-state index contributed by atoms with van der Waals surface area (Å²) in [4.78, 5) is 1.19. The molecule has 15 heavy (non-hydrogen) atoms. The van der Waals surface area contributed by atoms with Crippen molar-refractivity contribution in [3.05, 3.63) is 31.5 Å². The number of nitrogens with two attached hydrogens (primary N) is 1. The van der Waals surface area contributed by atoms with Crippen LogP contribution in [-0.4, -0.2) is 9.78 Å². The Morgan fingerprint density at radius 3 is 2.87 bits per heavy atom. The summed E-state index contributed by atoms with van der Waals surface area (Å²) in [5, 5.41) is 6.84. The van der Waals surface area contributed by atoms with E-state index < -0.39 is 0 Å². The lowest BCUT2D eigenvalue weighted by Gasteiger charge is -2.00. The van der Waals surface area contributed by atoms with Crippen molar-refractivity contribution >= 4 is 44.7 Å². The fraction of sp³-hybridized carbons (Fsp3) is 0.222. The summed E-state index contributed by atoms with van der Waals surface area (Å²) in [6, 6.07) is 2.05. The van der Waals surface area contributed by atoms with E-state index in [0.717, 1.165) is 10.2 Å². The van der Waals surface area contributed by atoms with Gasteiger partial charge in [-0.1, -0.05) is 11.6 Å². The van der Waals surface area contributed by atoms with Gasteiger partial charge in [-0.2, -0.15) is 5.10 Å². The Labute approximate surface area is 105 Å². The number of nitrogen functional groups attached to an aromatic ring is 1. The number of hydrogen-bond donors (Lipinski definition) is 1. The molecule has 0 aliphatic heterocycles. The third-order valence-corrected chi connectivity index (χ3v) is 4.17. The Kier molecular flexibility index (Phi) is 3.04. The lowest BCUT2D eigenvalue weighted by Crippen LogP contribution is -2.04. The molecular formula is C9H9BrClN3S. The van der Waals surface area contributed by atoms with Gasteiger partial charge in [0.1, 0.15) is 10.8 Å². The minimum Gasteiger partial charge on any atom is -0.383 e. The summed E-state index contributed by atoms with van der Waals surface area (Å²) >= 11 is 11.0. The fourth-order valence-electron chi connectivity index (χ4n) is 1.28. The Bertz CT molecular complexity index is 492. The van der Waals surface area contributed by atoms with Crippen LogP contribution in [0.5, 0.6) is 0 Å². The van der Waals surface area contributed by atoms with Crippen LogP contribution >= 0.6 is 38.9 Å². The Morgan fingerprint density at radius 2 is 2.40 bits per heavy atom. The van der Waals surface area contributed by atoms with Crippen LogP contribution in [0.2, 0.25) is 5.02 Å². The highest BCUT2D eigenvalue weighted by atomic mass is 79.9. The van der Waals surface area contributed by atoms with Crippen LogP contribution in [-0.2, 0) is 6.54 Å². The molecular weight excluding hydrogens is 298 g/mol. The monoisotopic (exact) mass is 305 g/mol. The zero-order valence-electron chi connectivity index (χ0n) is 8.00. The van der Waals surface area contributed by atoms with E-state index in [0.29, 0.717) is 17.4 Å². The second-order valence-corrected chi connectivity index (χ2v) is 5.46. The zero-order valence-corrected chi connectivity index (χ0v) is 11.2. The molecule has 2 aromatic rings. The Balaban J connectivity index is 2.28. The molecule has 0 radical (unpaired) electrons. The number of hydrogen-bond acceptors (Lipinski definition) is 3. The van der Waals surface area contributed by atoms with Gasteiger partial charge in [-0.05, 0) is 28.9 Å². The Hall–Kier alpha value is -0.520. The van der Waals surface area contributed by atoms with Crippen LogP contribution in [0.15, 0.2) is 15.9 Å². The average Bonchev–Trinajstić information content (AvgIpc) is 2.68. The van der Waals surface area contributed by atoms with Crippen LogP contribution in [0.4, 0.5) is 5.82 Å². The molecule has 0 amide bonds. The molecule has 6 heteroatoms. The highest BCUT2D eigenvalue weighted by Crippen LogP contribution is 2.25. The summed E-state index contributed by atoms with van der Waals surface area (Å²) < 4.78 is 2.80. The second-order valence-electron chi connectivity index (χ2n) is 3.17. The van der Waals surface area contributed by atoms with Gasteiger partial charge in [0.15, 0.2) is 0 Å². The molecule has 0 saturated heterocycles. The van der Waals surface area contributed by atoms with Gasteiger partial charge in [0, 0.05) is 14.7 Å². The van der Waals surface area contributed by atoms with Crippen molar-refractivity contribution in [1.29, 1.82) is 0 Å². The van der Waals surface area contributed by atoms with Gasteiger partial charge in [0.2, 0.25) is 0 Å². The number of aromatic nitrogens is 2. The molecule has 0 bridgehead atoms. The first-order valence-electron chi connectivity index (χ1n) is 4.29. The smallest absolute Gasteiger partial charge is 0.141 e. The molecule has 0 fully saturated rings. The Morgan fingerprint density at radius 1 is 1.67 bits per heavy atom. The molecule has 80 valence electrons. The predicted molar refractivity (Wildman–Crippen MR) is 67.5 cm³/mol. The highest BCUT2D eigenvalue weighted by Gasteiger charge is 2.10. The number of aryl methyl sites for hydroxylation is 1. The van der Waals surface area contributed by atoms with Gasteiger partial charge in [-0.15, -0.1) is 11.3 Å². The van der Waals surface area contributed by atoms with Crippen LogP contribution < -0.4 is 5.73 Å². The van der Waals surface area contributed by atoms with Gasteiger partial charge in [0.25, 0.3) is 0 Å². The molecule has 0 aliphatic rings. The summed E-state index contributed by atoms with van der Waals surface area (Å²) in [5.41, 5.74) is 6.59. The SMILES string of the molecule is Cc1nn(Cc2cc(Br)cs2)c(N)c1Cl. The van der Waals surface area contributed by atoms with Gasteiger partial charge in [-0.3, -0.25) is 0 Å². The van der Waals surface area contributed by atoms with E-state index in [1.54, 1.807) is 16.0 Å². The van der Waals surface area contributed by atoms with E-state index in [2.05, 4.69) is 27.1 Å². The molecule has 0 unspecified atom stereocenters. The van der Waals surface area contributed by atoms with Crippen LogP contribution in [0.3, 0.4) is 0 Å². The molecule has 0 saturated carbocycles. The van der Waals surface area contributed by atoms with E-state index in [1.165, 1.54) is 4.88 Å². The molecule has 3 nitrogen and oxygen atoms in total. The maximum Gasteiger partial charge on any atom is 0.141 e. The summed E-state index contributed by atoms with van der Waals surface area (Å²) in [5.74, 6) is 0.527. The molecule has 2 N–H and O–H groups in total. The molecule has 2 aromatic heterocycles. The number of thiophene rings is 1. The number of halogens is 2. The first-order valence-corrected chi connectivity index (χ1v) is 6.34. The van der Waals surface area contributed by atoms with Crippen molar-refractivity contribution in [2.75, 3.05) is 5.73 Å². The fourth-order valence-corrected chi connectivity index (χ4v) is 2.85. The van der Waals surface area contributed by atoms with Gasteiger partial charge < -0.3 is 5.73 Å². The van der Waals surface area contributed by atoms with Gasteiger partial charge in [0.05, 0.1) is 12.2 Å². The standard InChI is InChI=1S/C9H9BrClN3S/c1-5-8(11)9(12)14(13-5)3-7-2-6(10)4-15-7/h2,4H,3,12H2,1H3. The minimum absolute atomic E-state index is 0.527. The van der Waals surface area contributed by atoms with Gasteiger partial charge >= 0.3 is 0 Å². The first kappa shape index (κ1) is 11.0. The van der Waals surface area contributed by atoms with Crippen molar-refractivity contribution in [2.45, 2.75) is 13.5 Å². The summed E-state index contributed by atoms with van der Waals surface area (Å²) in [6.45, 7) is 2.51. The summed E-state index contributed by atoms with van der Waals surface area (Å²) in [6.07, 6.45) is 0. The zero-order chi connectivity index (χ0) is 11.0. The second kappa shape index (κ2) is 4.15.